The van der Waals surface area contributed by atoms with E-state index >= 15 is 0 Å². The van der Waals surface area contributed by atoms with E-state index in [2.05, 4.69) is 19.3 Å². The van der Waals surface area contributed by atoms with Gasteiger partial charge in [0.2, 0.25) is 0 Å². The minimum absolute atomic E-state index is 0.157. The lowest BCUT2D eigenvalue weighted by molar-refractivity contribution is -0.904. The molecular formula is C28H37N2O3+. The van der Waals surface area contributed by atoms with Gasteiger partial charge in [-0.1, -0.05) is 73.0 Å². The number of para-hydroxylation sites is 1. The molecule has 0 radical (unpaired) electrons. The Morgan fingerprint density at radius 3 is 2.36 bits per heavy atom. The summed E-state index contributed by atoms with van der Waals surface area (Å²) in [5, 5.41) is 16.4. The van der Waals surface area contributed by atoms with Gasteiger partial charge in [-0.3, -0.25) is 0 Å². The molecule has 2 aromatic carbocycles. The van der Waals surface area contributed by atoms with Gasteiger partial charge in [0.15, 0.2) is 5.76 Å². The van der Waals surface area contributed by atoms with E-state index in [1.165, 1.54) is 6.42 Å². The maximum atomic E-state index is 12.0. The lowest BCUT2D eigenvalue weighted by Crippen LogP contribution is -2.40. The van der Waals surface area contributed by atoms with Crippen LogP contribution in [-0.2, 0) is 12.1 Å². The summed E-state index contributed by atoms with van der Waals surface area (Å²) in [4.78, 5) is 0. The molecule has 4 rings (SSSR count). The predicted octanol–water partition coefficient (Wildman–Crippen LogP) is 5.54. The van der Waals surface area contributed by atoms with Crippen molar-refractivity contribution >= 4 is 0 Å². The van der Waals surface area contributed by atoms with Crippen LogP contribution in [0, 0.1) is 5.92 Å². The van der Waals surface area contributed by atoms with E-state index in [-0.39, 0.29) is 5.92 Å². The van der Waals surface area contributed by atoms with Crippen molar-refractivity contribution in [3.63, 3.8) is 0 Å². The van der Waals surface area contributed by atoms with Crippen molar-refractivity contribution in [3.05, 3.63) is 83.7 Å². The highest BCUT2D eigenvalue weighted by Crippen LogP contribution is 2.43. The molecule has 0 amide bonds. The van der Waals surface area contributed by atoms with Crippen LogP contribution in [-0.4, -0.2) is 42.0 Å². The second-order valence-corrected chi connectivity index (χ2v) is 9.98. The summed E-state index contributed by atoms with van der Waals surface area (Å²) in [6, 6.07) is 21.9. The third-order valence-corrected chi connectivity index (χ3v) is 6.86. The molecule has 1 saturated carbocycles. The Bertz CT molecular complexity index is 981. The molecule has 1 aliphatic carbocycles. The average Bonchev–Trinajstić information content (AvgIpc) is 3.31. The van der Waals surface area contributed by atoms with Gasteiger partial charge < -0.3 is 18.8 Å². The van der Waals surface area contributed by atoms with E-state index in [1.807, 2.05) is 66.7 Å². The number of hydrogen-bond acceptors (Lipinski definition) is 4. The summed E-state index contributed by atoms with van der Waals surface area (Å²) in [6.07, 6.45) is 6.51. The first-order chi connectivity index (χ1) is 16.0. The number of ether oxygens (including phenoxy) is 1. The Morgan fingerprint density at radius 2 is 1.67 bits per heavy atom. The monoisotopic (exact) mass is 449 g/mol. The standard InChI is InChI=1S/C28H37N2O3/c1-30(2,19-12-20-32-25-17-10-5-11-18-25)22-26-21-27(29-33-26)28(31,23-13-6-3-7-14-23)24-15-8-4-9-16-24/h3,5-7,10-11,13-14,17-18,21,24,31H,4,8-9,12,15-16,19-20,22H2,1-2H3/q+1. The molecule has 0 bridgehead atoms. The smallest absolute Gasteiger partial charge is 0.191 e. The molecule has 0 aliphatic heterocycles. The minimum atomic E-state index is -1.11. The molecule has 1 unspecified atom stereocenters. The Morgan fingerprint density at radius 1 is 1.00 bits per heavy atom. The molecule has 1 fully saturated rings. The fraction of sp³-hybridized carbons (Fsp3) is 0.464. The first-order valence-electron chi connectivity index (χ1n) is 12.2. The average molecular weight is 450 g/mol. The van der Waals surface area contributed by atoms with Gasteiger partial charge in [0.1, 0.15) is 23.6 Å². The molecule has 176 valence electrons. The van der Waals surface area contributed by atoms with Crippen molar-refractivity contribution in [1.82, 2.24) is 5.16 Å². The van der Waals surface area contributed by atoms with Crippen LogP contribution in [0.15, 0.2) is 71.3 Å². The summed E-state index contributed by atoms with van der Waals surface area (Å²) in [5.41, 5.74) is 0.441. The minimum Gasteiger partial charge on any atom is -0.493 e. The molecule has 1 aliphatic rings. The summed E-state index contributed by atoms with van der Waals surface area (Å²) in [5.74, 6) is 1.87. The second kappa shape index (κ2) is 10.5. The molecule has 0 saturated heterocycles. The summed E-state index contributed by atoms with van der Waals surface area (Å²) in [6.45, 7) is 2.35. The topological polar surface area (TPSA) is 55.5 Å². The van der Waals surface area contributed by atoms with Crippen molar-refractivity contribution in [1.29, 1.82) is 0 Å². The molecule has 0 spiro atoms. The Kier molecular flexibility index (Phi) is 7.51. The van der Waals surface area contributed by atoms with Crippen LogP contribution in [0.3, 0.4) is 0 Å². The summed E-state index contributed by atoms with van der Waals surface area (Å²) in [7, 11) is 4.38. The summed E-state index contributed by atoms with van der Waals surface area (Å²) >= 11 is 0. The van der Waals surface area contributed by atoms with Crippen LogP contribution >= 0.6 is 0 Å². The normalized spacial score (nSPS) is 16.9. The van der Waals surface area contributed by atoms with Gasteiger partial charge in [0.05, 0.1) is 27.2 Å². The molecule has 1 N–H and O–H groups in total. The van der Waals surface area contributed by atoms with Gasteiger partial charge in [0.25, 0.3) is 0 Å². The molecule has 5 heteroatoms. The quantitative estimate of drug-likeness (QED) is 0.326. The highest BCUT2D eigenvalue weighted by atomic mass is 16.5. The van der Waals surface area contributed by atoms with Crippen molar-refractivity contribution in [2.24, 2.45) is 5.92 Å². The molecule has 3 aromatic rings. The van der Waals surface area contributed by atoms with E-state index in [0.717, 1.165) is 60.2 Å². The molecular weight excluding hydrogens is 412 g/mol. The van der Waals surface area contributed by atoms with Gasteiger partial charge in [-0.25, -0.2) is 0 Å². The van der Waals surface area contributed by atoms with E-state index in [1.54, 1.807) is 0 Å². The van der Waals surface area contributed by atoms with E-state index in [0.29, 0.717) is 18.8 Å². The van der Waals surface area contributed by atoms with Gasteiger partial charge in [-0.15, -0.1) is 0 Å². The fourth-order valence-electron chi connectivity index (χ4n) is 5.07. The largest absolute Gasteiger partial charge is 0.493 e. The lowest BCUT2D eigenvalue weighted by Gasteiger charge is -2.37. The maximum absolute atomic E-state index is 12.0. The SMILES string of the molecule is C[N+](C)(CCCOc1ccccc1)Cc1cc(C(O)(c2ccccc2)C2CCCCC2)no1. The van der Waals surface area contributed by atoms with E-state index in [4.69, 9.17) is 9.26 Å². The van der Waals surface area contributed by atoms with Crippen LogP contribution in [0.25, 0.3) is 0 Å². The number of nitrogens with zero attached hydrogens (tertiary/aromatic N) is 2. The third kappa shape index (κ3) is 5.84. The Labute approximate surface area is 197 Å². The highest BCUT2D eigenvalue weighted by molar-refractivity contribution is 5.33. The van der Waals surface area contributed by atoms with Crippen LogP contribution in [0.5, 0.6) is 5.75 Å². The third-order valence-electron chi connectivity index (χ3n) is 6.86. The van der Waals surface area contributed by atoms with Crippen LogP contribution in [0.4, 0.5) is 0 Å². The van der Waals surface area contributed by atoms with Crippen LogP contribution in [0.2, 0.25) is 0 Å². The first kappa shape index (κ1) is 23.5. The zero-order valence-electron chi connectivity index (χ0n) is 20.0. The summed E-state index contributed by atoms with van der Waals surface area (Å²) < 4.78 is 12.4. The molecule has 5 nitrogen and oxygen atoms in total. The van der Waals surface area contributed by atoms with Gasteiger partial charge in [-0.05, 0) is 36.5 Å². The van der Waals surface area contributed by atoms with Crippen molar-refractivity contribution in [2.45, 2.75) is 50.7 Å². The number of rotatable bonds is 10. The highest BCUT2D eigenvalue weighted by Gasteiger charge is 2.43. The zero-order valence-corrected chi connectivity index (χ0v) is 20.0. The molecule has 1 atom stereocenters. The second-order valence-electron chi connectivity index (χ2n) is 9.98. The van der Waals surface area contributed by atoms with Gasteiger partial charge in [0, 0.05) is 12.5 Å². The first-order valence-corrected chi connectivity index (χ1v) is 12.2. The van der Waals surface area contributed by atoms with Crippen molar-refractivity contribution < 1.29 is 18.8 Å². The molecule has 33 heavy (non-hydrogen) atoms. The van der Waals surface area contributed by atoms with Crippen molar-refractivity contribution in [2.75, 3.05) is 27.2 Å². The van der Waals surface area contributed by atoms with Crippen LogP contribution < -0.4 is 4.74 Å². The maximum Gasteiger partial charge on any atom is 0.191 e. The fourth-order valence-corrected chi connectivity index (χ4v) is 5.07. The number of hydrogen-bond donors (Lipinski definition) is 1. The number of aliphatic hydroxyl groups is 1. The zero-order chi connectivity index (χ0) is 23.2. The number of quaternary nitrogens is 1. The Balaban J connectivity index is 1.42. The lowest BCUT2D eigenvalue weighted by atomic mass is 9.71. The van der Waals surface area contributed by atoms with Gasteiger partial charge >= 0.3 is 0 Å². The number of benzene rings is 2. The van der Waals surface area contributed by atoms with E-state index in [9.17, 15) is 5.11 Å². The predicted molar refractivity (Wildman–Crippen MR) is 130 cm³/mol. The van der Waals surface area contributed by atoms with E-state index < -0.39 is 5.60 Å². The molecule has 1 aromatic heterocycles. The van der Waals surface area contributed by atoms with Gasteiger partial charge in [-0.2, -0.15) is 0 Å². The molecule has 1 heterocycles. The van der Waals surface area contributed by atoms with Crippen LogP contribution in [0.1, 0.15) is 55.5 Å². The number of aromatic nitrogens is 1. The van der Waals surface area contributed by atoms with Crippen molar-refractivity contribution in [3.8, 4) is 5.75 Å². The Hall–Kier alpha value is -2.63.